The van der Waals surface area contributed by atoms with Gasteiger partial charge in [-0.15, -0.1) is 0 Å². The molecule has 0 N–H and O–H groups in total. The van der Waals surface area contributed by atoms with Gasteiger partial charge in [0.15, 0.2) is 0 Å². The van der Waals surface area contributed by atoms with E-state index < -0.39 is 0 Å². The van der Waals surface area contributed by atoms with Gasteiger partial charge in [-0.3, -0.25) is 0 Å². The SMILES string of the molecule is CCCC(C)CCCC(CC)C(=C(C)CC)c1ccc(C)cc1. The first kappa shape index (κ1) is 20.0. The predicted octanol–water partition coefficient (Wildman–Crippen LogP) is 7.81. The van der Waals surface area contributed by atoms with Crippen molar-refractivity contribution in [2.45, 2.75) is 86.5 Å². The van der Waals surface area contributed by atoms with Crippen molar-refractivity contribution in [2.75, 3.05) is 0 Å². The minimum Gasteiger partial charge on any atom is -0.0695 e. The minimum absolute atomic E-state index is 0.714. The van der Waals surface area contributed by atoms with E-state index in [0.29, 0.717) is 5.92 Å². The van der Waals surface area contributed by atoms with Gasteiger partial charge < -0.3 is 0 Å². The lowest BCUT2D eigenvalue weighted by Gasteiger charge is -2.23. The average molecular weight is 315 g/mol. The van der Waals surface area contributed by atoms with Gasteiger partial charge in [-0.1, -0.05) is 88.8 Å². The van der Waals surface area contributed by atoms with E-state index in [1.807, 2.05) is 0 Å². The molecule has 0 saturated heterocycles. The Morgan fingerprint density at radius 3 is 2.13 bits per heavy atom. The van der Waals surface area contributed by atoms with Crippen LogP contribution in [0.25, 0.3) is 5.57 Å². The second kappa shape index (κ2) is 10.7. The quantitative estimate of drug-likeness (QED) is 0.413. The zero-order valence-corrected chi connectivity index (χ0v) is 16.4. The van der Waals surface area contributed by atoms with E-state index in [1.54, 1.807) is 11.1 Å². The Bertz CT molecular complexity index is 463. The van der Waals surface area contributed by atoms with Crippen LogP contribution in [-0.2, 0) is 0 Å². The van der Waals surface area contributed by atoms with Crippen molar-refractivity contribution in [1.29, 1.82) is 0 Å². The van der Waals surface area contributed by atoms with Crippen molar-refractivity contribution >= 4 is 5.57 Å². The average Bonchev–Trinajstić information content (AvgIpc) is 2.55. The molecule has 130 valence electrons. The summed E-state index contributed by atoms with van der Waals surface area (Å²) in [4.78, 5) is 0. The van der Waals surface area contributed by atoms with Crippen LogP contribution < -0.4 is 0 Å². The number of hydrogen-bond acceptors (Lipinski definition) is 0. The maximum Gasteiger partial charge on any atom is -0.0159 e. The summed E-state index contributed by atoms with van der Waals surface area (Å²) in [6, 6.07) is 9.17. The standard InChI is InChI=1S/C23H38/c1-7-11-18(4)12-10-13-21(9-3)23(20(6)8-2)22-16-14-19(5)15-17-22/h14-18,21H,7-13H2,1-6H3. The van der Waals surface area contributed by atoms with Crippen LogP contribution in [0.4, 0.5) is 0 Å². The molecule has 2 unspecified atom stereocenters. The van der Waals surface area contributed by atoms with Crippen LogP contribution in [0.1, 0.15) is 90.7 Å². The van der Waals surface area contributed by atoms with E-state index in [4.69, 9.17) is 0 Å². The van der Waals surface area contributed by atoms with Crippen molar-refractivity contribution in [3.05, 3.63) is 41.0 Å². The fourth-order valence-electron chi connectivity index (χ4n) is 3.66. The predicted molar refractivity (Wildman–Crippen MR) is 106 cm³/mol. The molecule has 0 saturated carbocycles. The molecule has 23 heavy (non-hydrogen) atoms. The van der Waals surface area contributed by atoms with Crippen LogP contribution in [0.2, 0.25) is 0 Å². The molecule has 0 fully saturated rings. The Balaban J connectivity index is 2.85. The Kier molecular flexibility index (Phi) is 9.29. The van der Waals surface area contributed by atoms with Gasteiger partial charge in [-0.25, -0.2) is 0 Å². The van der Waals surface area contributed by atoms with Crippen LogP contribution in [0.3, 0.4) is 0 Å². The second-order valence-electron chi connectivity index (χ2n) is 7.34. The molecule has 0 spiro atoms. The van der Waals surface area contributed by atoms with Crippen LogP contribution in [0.15, 0.2) is 29.8 Å². The van der Waals surface area contributed by atoms with E-state index in [-0.39, 0.29) is 0 Å². The zero-order chi connectivity index (χ0) is 17.2. The molecular weight excluding hydrogens is 276 g/mol. The minimum atomic E-state index is 0.714. The number of hydrogen-bond donors (Lipinski definition) is 0. The third-order valence-corrected chi connectivity index (χ3v) is 5.28. The zero-order valence-electron chi connectivity index (χ0n) is 16.4. The van der Waals surface area contributed by atoms with E-state index >= 15 is 0 Å². The topological polar surface area (TPSA) is 0 Å². The molecule has 0 aromatic heterocycles. The van der Waals surface area contributed by atoms with E-state index in [1.165, 1.54) is 49.7 Å². The summed E-state index contributed by atoms with van der Waals surface area (Å²) in [7, 11) is 0. The van der Waals surface area contributed by atoms with Gasteiger partial charge in [0.05, 0.1) is 0 Å². The lowest BCUT2D eigenvalue weighted by Crippen LogP contribution is -2.06. The summed E-state index contributed by atoms with van der Waals surface area (Å²) in [6.07, 6.45) is 9.20. The van der Waals surface area contributed by atoms with E-state index in [2.05, 4.69) is 65.8 Å². The van der Waals surface area contributed by atoms with Crippen molar-refractivity contribution < 1.29 is 0 Å². The molecule has 1 rings (SSSR count). The highest BCUT2D eigenvalue weighted by Gasteiger charge is 2.17. The molecule has 1 aromatic rings. The molecule has 0 nitrogen and oxygen atoms in total. The van der Waals surface area contributed by atoms with Crippen LogP contribution >= 0.6 is 0 Å². The number of rotatable bonds is 10. The normalized spacial score (nSPS) is 15.2. The molecular formula is C23H38. The summed E-state index contributed by atoms with van der Waals surface area (Å²) < 4.78 is 0. The molecule has 0 bridgehead atoms. The molecule has 0 heteroatoms. The summed E-state index contributed by atoms with van der Waals surface area (Å²) in [6.45, 7) is 13.9. The Morgan fingerprint density at radius 1 is 0.957 bits per heavy atom. The van der Waals surface area contributed by atoms with Gasteiger partial charge in [0.1, 0.15) is 0 Å². The number of aryl methyl sites for hydroxylation is 1. The lowest BCUT2D eigenvalue weighted by molar-refractivity contribution is 0.435. The molecule has 0 heterocycles. The second-order valence-corrected chi connectivity index (χ2v) is 7.34. The highest BCUT2D eigenvalue weighted by molar-refractivity contribution is 5.70. The molecule has 1 aromatic carbocycles. The van der Waals surface area contributed by atoms with Gasteiger partial charge >= 0.3 is 0 Å². The first-order valence-corrected chi connectivity index (χ1v) is 9.80. The fourth-order valence-corrected chi connectivity index (χ4v) is 3.66. The van der Waals surface area contributed by atoms with Gasteiger partial charge in [0, 0.05) is 0 Å². The van der Waals surface area contributed by atoms with Crippen molar-refractivity contribution in [3.8, 4) is 0 Å². The fraction of sp³-hybridized carbons (Fsp3) is 0.652. The first-order valence-electron chi connectivity index (χ1n) is 9.80. The molecule has 0 amide bonds. The highest BCUT2D eigenvalue weighted by Crippen LogP contribution is 2.34. The lowest BCUT2D eigenvalue weighted by atomic mass is 9.82. The summed E-state index contributed by atoms with van der Waals surface area (Å²) in [5.41, 5.74) is 5.99. The summed E-state index contributed by atoms with van der Waals surface area (Å²) in [5, 5.41) is 0. The molecule has 2 atom stereocenters. The van der Waals surface area contributed by atoms with E-state index in [9.17, 15) is 0 Å². The van der Waals surface area contributed by atoms with Gasteiger partial charge in [-0.05, 0) is 56.1 Å². The summed E-state index contributed by atoms with van der Waals surface area (Å²) >= 11 is 0. The molecule has 0 radical (unpaired) electrons. The van der Waals surface area contributed by atoms with Gasteiger partial charge in [0.2, 0.25) is 0 Å². The third kappa shape index (κ3) is 6.53. The number of benzene rings is 1. The maximum atomic E-state index is 2.42. The maximum absolute atomic E-state index is 2.42. The first-order chi connectivity index (χ1) is 11.0. The van der Waals surface area contributed by atoms with Crippen LogP contribution in [0, 0.1) is 18.8 Å². The molecule has 0 aliphatic rings. The van der Waals surface area contributed by atoms with Gasteiger partial charge in [-0.2, -0.15) is 0 Å². The summed E-state index contributed by atoms with van der Waals surface area (Å²) in [5.74, 6) is 1.60. The molecule has 0 aliphatic heterocycles. The van der Waals surface area contributed by atoms with Crippen molar-refractivity contribution in [3.63, 3.8) is 0 Å². The highest BCUT2D eigenvalue weighted by atomic mass is 14.2. The Labute approximate surface area is 145 Å². The molecule has 0 aliphatic carbocycles. The van der Waals surface area contributed by atoms with E-state index in [0.717, 1.165) is 12.3 Å². The Morgan fingerprint density at radius 2 is 1.61 bits per heavy atom. The van der Waals surface area contributed by atoms with Gasteiger partial charge in [0.25, 0.3) is 0 Å². The van der Waals surface area contributed by atoms with Crippen molar-refractivity contribution in [2.24, 2.45) is 11.8 Å². The Hall–Kier alpha value is -1.04. The van der Waals surface area contributed by atoms with Crippen LogP contribution in [-0.4, -0.2) is 0 Å². The smallest absolute Gasteiger partial charge is 0.0159 e. The largest absolute Gasteiger partial charge is 0.0695 e. The monoisotopic (exact) mass is 314 g/mol. The third-order valence-electron chi connectivity index (χ3n) is 5.28. The number of allylic oxidation sites excluding steroid dienone is 2. The van der Waals surface area contributed by atoms with Crippen molar-refractivity contribution in [1.82, 2.24) is 0 Å². The van der Waals surface area contributed by atoms with Crippen LogP contribution in [0.5, 0.6) is 0 Å².